The first-order valence-electron chi connectivity index (χ1n) is 6.83. The molecule has 0 saturated heterocycles. The van der Waals surface area contributed by atoms with Gasteiger partial charge in [0.25, 0.3) is 5.56 Å². The van der Waals surface area contributed by atoms with Crippen molar-refractivity contribution in [3.8, 4) is 0 Å². The molecule has 1 aromatic carbocycles. The maximum absolute atomic E-state index is 13.8. The monoisotopic (exact) mass is 284 g/mol. The van der Waals surface area contributed by atoms with Gasteiger partial charge in [0.2, 0.25) is 0 Å². The first kappa shape index (κ1) is 12.3. The van der Waals surface area contributed by atoms with E-state index >= 15 is 0 Å². The Hall–Kier alpha value is -2.50. The third-order valence-electron chi connectivity index (χ3n) is 4.07. The number of hydrogen-bond donors (Lipinski definition) is 0. The van der Waals surface area contributed by atoms with Gasteiger partial charge in [0.05, 0.1) is 12.2 Å². The largest absolute Gasteiger partial charge is 0.295 e. The van der Waals surface area contributed by atoms with Crippen molar-refractivity contribution in [2.45, 2.75) is 18.9 Å². The second kappa shape index (κ2) is 4.25. The van der Waals surface area contributed by atoms with Crippen LogP contribution >= 0.6 is 0 Å². The highest BCUT2D eigenvalue weighted by molar-refractivity contribution is 5.75. The van der Waals surface area contributed by atoms with Crippen molar-refractivity contribution in [2.24, 2.45) is 7.05 Å². The summed E-state index contributed by atoms with van der Waals surface area (Å²) in [6, 6.07) is 4.79. The van der Waals surface area contributed by atoms with Gasteiger partial charge in [-0.2, -0.15) is 10.2 Å². The average molecular weight is 284 g/mol. The lowest BCUT2D eigenvalue weighted by Crippen LogP contribution is -2.27. The van der Waals surface area contributed by atoms with Crippen LogP contribution in [0.4, 0.5) is 4.39 Å². The van der Waals surface area contributed by atoms with E-state index in [1.54, 1.807) is 30.2 Å². The van der Waals surface area contributed by atoms with E-state index in [2.05, 4.69) is 10.2 Å². The Labute approximate surface area is 119 Å². The van der Waals surface area contributed by atoms with Crippen molar-refractivity contribution in [1.29, 1.82) is 0 Å². The van der Waals surface area contributed by atoms with Gasteiger partial charge in [-0.05, 0) is 30.0 Å². The fourth-order valence-electron chi connectivity index (χ4n) is 3.12. The van der Waals surface area contributed by atoms with E-state index in [-0.39, 0.29) is 17.4 Å². The molecular formula is C15H13FN4O. The Balaban J connectivity index is 1.92. The van der Waals surface area contributed by atoms with Crippen LogP contribution in [0, 0.1) is 5.82 Å². The molecular weight excluding hydrogens is 271 g/mol. The Morgan fingerprint density at radius 3 is 3.10 bits per heavy atom. The highest BCUT2D eigenvalue weighted by Gasteiger charge is 2.28. The van der Waals surface area contributed by atoms with Crippen LogP contribution in [0.25, 0.3) is 10.9 Å². The predicted molar refractivity (Wildman–Crippen MR) is 75.6 cm³/mol. The molecule has 6 heteroatoms. The van der Waals surface area contributed by atoms with Crippen LogP contribution in [0.2, 0.25) is 0 Å². The quantitative estimate of drug-likeness (QED) is 0.684. The van der Waals surface area contributed by atoms with E-state index in [9.17, 15) is 9.18 Å². The molecule has 0 amide bonds. The molecule has 3 aromatic rings. The molecule has 2 heterocycles. The van der Waals surface area contributed by atoms with Crippen LogP contribution in [0.1, 0.15) is 23.6 Å². The molecule has 0 radical (unpaired) electrons. The first-order valence-corrected chi connectivity index (χ1v) is 6.83. The zero-order chi connectivity index (χ0) is 14.6. The molecule has 0 N–H and O–H groups in total. The minimum absolute atomic E-state index is 0.207. The zero-order valence-electron chi connectivity index (χ0n) is 11.5. The summed E-state index contributed by atoms with van der Waals surface area (Å²) in [5.74, 6) is -0.207. The van der Waals surface area contributed by atoms with Gasteiger partial charge in [-0.15, -0.1) is 0 Å². The first-order chi connectivity index (χ1) is 10.1. The second-order valence-electron chi connectivity index (χ2n) is 5.36. The SMILES string of the molecule is Cn1cc2cnn(C3CCc4c(F)cccc43)c(=O)c2n1. The van der Waals surface area contributed by atoms with Crippen LogP contribution < -0.4 is 5.56 Å². The minimum Gasteiger partial charge on any atom is -0.274 e. The molecule has 0 aliphatic heterocycles. The van der Waals surface area contributed by atoms with Gasteiger partial charge >= 0.3 is 0 Å². The van der Waals surface area contributed by atoms with Crippen molar-refractivity contribution >= 4 is 10.9 Å². The summed E-state index contributed by atoms with van der Waals surface area (Å²) in [5, 5.41) is 9.16. The third kappa shape index (κ3) is 1.72. The van der Waals surface area contributed by atoms with E-state index in [0.717, 1.165) is 10.9 Å². The molecule has 0 saturated carbocycles. The van der Waals surface area contributed by atoms with Crippen LogP contribution in [0.3, 0.4) is 0 Å². The van der Waals surface area contributed by atoms with Gasteiger partial charge in [-0.1, -0.05) is 12.1 Å². The lowest BCUT2D eigenvalue weighted by atomic mass is 10.1. The number of hydrogen-bond acceptors (Lipinski definition) is 3. The Morgan fingerprint density at radius 2 is 2.24 bits per heavy atom. The number of benzene rings is 1. The normalized spacial score (nSPS) is 17.3. The number of fused-ring (bicyclic) bond motifs is 2. The molecule has 106 valence electrons. The van der Waals surface area contributed by atoms with Crippen molar-refractivity contribution in [1.82, 2.24) is 19.6 Å². The lowest BCUT2D eigenvalue weighted by Gasteiger charge is -2.13. The molecule has 0 spiro atoms. The standard InChI is InChI=1S/C15H13FN4O/c1-19-8-9-7-17-20(15(21)14(9)18-19)13-6-5-10-11(13)3-2-4-12(10)16/h2-4,7-8,13H,5-6H2,1H3. The molecule has 0 bridgehead atoms. The van der Waals surface area contributed by atoms with Crippen LogP contribution in [0.15, 0.2) is 35.4 Å². The summed E-state index contributed by atoms with van der Waals surface area (Å²) in [6.07, 6.45) is 4.71. The van der Waals surface area contributed by atoms with Crippen LogP contribution in [-0.4, -0.2) is 19.6 Å². The number of nitrogens with zero attached hydrogens (tertiary/aromatic N) is 4. The molecule has 2 aromatic heterocycles. The van der Waals surface area contributed by atoms with Crippen LogP contribution in [-0.2, 0) is 13.5 Å². The summed E-state index contributed by atoms with van der Waals surface area (Å²) < 4.78 is 16.8. The van der Waals surface area contributed by atoms with Gasteiger partial charge in [-0.3, -0.25) is 9.48 Å². The molecule has 1 atom stereocenters. The number of rotatable bonds is 1. The molecule has 1 unspecified atom stereocenters. The summed E-state index contributed by atoms with van der Waals surface area (Å²) in [5.41, 5.74) is 1.71. The van der Waals surface area contributed by atoms with Crippen molar-refractivity contribution in [2.75, 3.05) is 0 Å². The fourth-order valence-corrected chi connectivity index (χ4v) is 3.12. The summed E-state index contributed by atoms with van der Waals surface area (Å²) >= 11 is 0. The summed E-state index contributed by atoms with van der Waals surface area (Å²) in [6.45, 7) is 0. The topological polar surface area (TPSA) is 52.7 Å². The Morgan fingerprint density at radius 1 is 1.38 bits per heavy atom. The number of aromatic nitrogens is 4. The van der Waals surface area contributed by atoms with E-state index in [1.807, 2.05) is 6.07 Å². The number of halogens is 1. The van der Waals surface area contributed by atoms with Gasteiger partial charge in [0.1, 0.15) is 5.82 Å². The number of aryl methyl sites for hydroxylation is 1. The molecule has 1 aliphatic rings. The van der Waals surface area contributed by atoms with Crippen molar-refractivity contribution in [3.05, 3.63) is 57.9 Å². The molecule has 1 aliphatic carbocycles. The maximum Gasteiger partial charge on any atom is 0.295 e. The Bertz CT molecular complexity index is 912. The van der Waals surface area contributed by atoms with E-state index in [1.165, 1.54) is 10.7 Å². The summed E-state index contributed by atoms with van der Waals surface area (Å²) in [7, 11) is 1.77. The molecule has 0 fully saturated rings. The molecule has 5 nitrogen and oxygen atoms in total. The zero-order valence-corrected chi connectivity index (χ0v) is 11.5. The van der Waals surface area contributed by atoms with Crippen molar-refractivity contribution < 1.29 is 4.39 Å². The van der Waals surface area contributed by atoms with E-state index < -0.39 is 0 Å². The minimum atomic E-state index is -0.227. The van der Waals surface area contributed by atoms with Gasteiger partial charge in [0, 0.05) is 18.6 Å². The fraction of sp³-hybridized carbons (Fsp3) is 0.267. The Kier molecular flexibility index (Phi) is 2.48. The summed E-state index contributed by atoms with van der Waals surface area (Å²) in [4.78, 5) is 12.6. The smallest absolute Gasteiger partial charge is 0.274 e. The molecule has 21 heavy (non-hydrogen) atoms. The van der Waals surface area contributed by atoms with Crippen LogP contribution in [0.5, 0.6) is 0 Å². The second-order valence-corrected chi connectivity index (χ2v) is 5.36. The highest BCUT2D eigenvalue weighted by atomic mass is 19.1. The van der Waals surface area contributed by atoms with E-state index in [4.69, 9.17) is 0 Å². The van der Waals surface area contributed by atoms with Gasteiger partial charge in [0.15, 0.2) is 5.52 Å². The van der Waals surface area contributed by atoms with Gasteiger partial charge < -0.3 is 0 Å². The molecule has 4 rings (SSSR count). The lowest BCUT2D eigenvalue weighted by molar-refractivity contribution is 0.497. The highest BCUT2D eigenvalue weighted by Crippen LogP contribution is 2.34. The predicted octanol–water partition coefficient (Wildman–Crippen LogP) is 1.80. The average Bonchev–Trinajstić information content (AvgIpc) is 3.04. The third-order valence-corrected chi connectivity index (χ3v) is 4.07. The van der Waals surface area contributed by atoms with Crippen molar-refractivity contribution in [3.63, 3.8) is 0 Å². The van der Waals surface area contributed by atoms with Gasteiger partial charge in [-0.25, -0.2) is 9.07 Å². The maximum atomic E-state index is 13.8. The van der Waals surface area contributed by atoms with E-state index in [0.29, 0.717) is 23.9 Å².